The predicted molar refractivity (Wildman–Crippen MR) is 25.9 cm³/mol. The highest BCUT2D eigenvalue weighted by Gasteiger charge is 1.89. The predicted octanol–water partition coefficient (Wildman–Crippen LogP) is 1.28. The molecule has 1 heteroatoms. The van der Waals surface area contributed by atoms with Gasteiger partial charge in [-0.2, -0.15) is 0 Å². The zero-order valence-electron chi connectivity index (χ0n) is 3.52. The first-order valence-corrected chi connectivity index (χ1v) is 2.07. The lowest BCUT2D eigenvalue weighted by atomic mass is 10.3. The molecule has 0 aromatic carbocycles. The minimum Gasteiger partial charge on any atom is -0.0783 e. The first-order chi connectivity index (χ1) is 3.00. The Hall–Kier alpha value is -0.770. The summed E-state index contributed by atoms with van der Waals surface area (Å²) >= 11 is 0. The molecule has 0 aromatic rings. The van der Waals surface area contributed by atoms with Crippen LogP contribution in [0.3, 0.4) is 0 Å². The van der Waals surface area contributed by atoms with E-state index in [1.807, 2.05) is 6.08 Å². The topological polar surface area (TPSA) is 4.36 Å². The van der Waals surface area contributed by atoms with Crippen molar-refractivity contribution < 1.29 is 0 Å². The Bertz CT molecular complexity index is 114. The van der Waals surface area contributed by atoms with E-state index in [1.165, 1.54) is 0 Å². The molecule has 30 valence electrons. The van der Waals surface area contributed by atoms with E-state index in [-0.39, 0.29) is 0 Å². The van der Waals surface area contributed by atoms with Gasteiger partial charge in [0.15, 0.2) is 0 Å². The zero-order valence-corrected chi connectivity index (χ0v) is 3.52. The zero-order chi connectivity index (χ0) is 4.24. The standard InChI is InChI=1S/C5H6N/c1-2-4-6-5-3-1/h1-2H,3,5H2/q+1. The summed E-state index contributed by atoms with van der Waals surface area (Å²) in [6.45, 7) is 0.927. The summed E-state index contributed by atoms with van der Waals surface area (Å²) in [5, 5.41) is 0. The van der Waals surface area contributed by atoms with Crippen molar-refractivity contribution in [3.63, 3.8) is 0 Å². The molecule has 0 unspecified atom stereocenters. The summed E-state index contributed by atoms with van der Waals surface area (Å²) in [5.41, 5.74) is 0. The molecular formula is C5H6N+. The molecule has 0 bridgehead atoms. The second kappa shape index (κ2) is 1.61. The van der Waals surface area contributed by atoms with Crippen molar-refractivity contribution in [2.75, 3.05) is 6.54 Å². The third kappa shape index (κ3) is 0.587. The van der Waals surface area contributed by atoms with Crippen LogP contribution >= 0.6 is 0 Å². The Labute approximate surface area is 37.1 Å². The molecular weight excluding hydrogens is 74.1 g/mol. The maximum atomic E-state index is 3.84. The number of allylic oxidation sites excluding steroid dienone is 1. The Morgan fingerprint density at radius 2 is 2.67 bits per heavy atom. The number of rotatable bonds is 0. The maximum absolute atomic E-state index is 3.84. The van der Waals surface area contributed by atoms with Gasteiger partial charge < -0.3 is 0 Å². The number of hydrogen-bond acceptors (Lipinski definition) is 0. The Morgan fingerprint density at radius 3 is 2.83 bits per heavy atom. The van der Waals surface area contributed by atoms with E-state index in [0.29, 0.717) is 0 Å². The van der Waals surface area contributed by atoms with E-state index < -0.39 is 0 Å². The molecule has 6 heavy (non-hydrogen) atoms. The first-order valence-electron chi connectivity index (χ1n) is 2.07. The second-order valence-electron chi connectivity index (χ2n) is 1.20. The molecule has 0 fully saturated rings. The summed E-state index contributed by atoms with van der Waals surface area (Å²) in [4.78, 5) is 3.84. The van der Waals surface area contributed by atoms with E-state index in [9.17, 15) is 0 Å². The minimum absolute atomic E-state index is 0.927. The summed E-state index contributed by atoms with van der Waals surface area (Å²) in [6.07, 6.45) is 5.00. The average molecular weight is 80.1 g/mol. The van der Waals surface area contributed by atoms with Crippen molar-refractivity contribution in [1.29, 1.82) is 0 Å². The molecule has 0 saturated heterocycles. The van der Waals surface area contributed by atoms with Gasteiger partial charge in [-0.05, 0) is 0 Å². The SMILES string of the molecule is C1#[N+]CCC=C1. The van der Waals surface area contributed by atoms with Crippen molar-refractivity contribution in [2.45, 2.75) is 6.42 Å². The monoisotopic (exact) mass is 80.0 g/mol. The van der Waals surface area contributed by atoms with Crippen molar-refractivity contribution in [1.82, 2.24) is 0 Å². The van der Waals surface area contributed by atoms with Crippen LogP contribution in [0.15, 0.2) is 12.2 Å². The fraction of sp³-hybridized carbons (Fsp3) is 0.400. The minimum atomic E-state index is 0.927. The van der Waals surface area contributed by atoms with Gasteiger partial charge in [-0.1, -0.05) is 10.9 Å². The van der Waals surface area contributed by atoms with Gasteiger partial charge in [0, 0.05) is 6.42 Å². The van der Waals surface area contributed by atoms with Crippen molar-refractivity contribution in [3.8, 4) is 6.07 Å². The van der Waals surface area contributed by atoms with Crippen molar-refractivity contribution >= 4 is 0 Å². The van der Waals surface area contributed by atoms with Gasteiger partial charge >= 0.3 is 6.07 Å². The fourth-order valence-electron chi connectivity index (χ4n) is 0.392. The highest BCUT2D eigenvalue weighted by Crippen LogP contribution is 1.88. The Morgan fingerprint density at radius 1 is 1.67 bits per heavy atom. The van der Waals surface area contributed by atoms with E-state index in [1.54, 1.807) is 0 Å². The van der Waals surface area contributed by atoms with Gasteiger partial charge in [-0.3, -0.25) is 0 Å². The summed E-state index contributed by atoms with van der Waals surface area (Å²) in [6, 6.07) is 2.73. The number of hydrogen-bond donors (Lipinski definition) is 0. The molecule has 1 heterocycles. The molecule has 0 saturated carbocycles. The fourth-order valence-corrected chi connectivity index (χ4v) is 0.392. The van der Waals surface area contributed by atoms with E-state index >= 15 is 0 Å². The average Bonchev–Trinajstić information content (AvgIpc) is 1.72. The molecule has 1 nitrogen and oxygen atoms in total. The molecule has 0 spiro atoms. The maximum Gasteiger partial charge on any atom is 0.302 e. The van der Waals surface area contributed by atoms with E-state index in [2.05, 4.69) is 17.0 Å². The summed E-state index contributed by atoms with van der Waals surface area (Å²) in [7, 11) is 0. The second-order valence-corrected chi connectivity index (χ2v) is 1.20. The highest BCUT2D eigenvalue weighted by atomic mass is 14.6. The largest absolute Gasteiger partial charge is 0.302 e. The van der Waals surface area contributed by atoms with E-state index in [0.717, 1.165) is 13.0 Å². The molecule has 0 radical (unpaired) electrons. The van der Waals surface area contributed by atoms with Gasteiger partial charge in [0.2, 0.25) is 0 Å². The van der Waals surface area contributed by atoms with Crippen LogP contribution in [0.1, 0.15) is 6.42 Å². The van der Waals surface area contributed by atoms with Crippen LogP contribution in [0.2, 0.25) is 0 Å². The lowest BCUT2D eigenvalue weighted by Gasteiger charge is -1.71. The quantitative estimate of drug-likeness (QED) is 0.413. The third-order valence-corrected chi connectivity index (χ3v) is 0.691. The van der Waals surface area contributed by atoms with Crippen molar-refractivity contribution in [2.24, 2.45) is 0 Å². The Kier molecular flexibility index (Phi) is 0.920. The van der Waals surface area contributed by atoms with Crippen LogP contribution in [-0.4, -0.2) is 6.54 Å². The highest BCUT2D eigenvalue weighted by molar-refractivity contribution is 5.12. The van der Waals surface area contributed by atoms with Crippen LogP contribution in [-0.2, 0) is 0 Å². The Balaban J connectivity index is 2.58. The van der Waals surface area contributed by atoms with Gasteiger partial charge in [-0.25, -0.2) is 0 Å². The van der Waals surface area contributed by atoms with Gasteiger partial charge in [0.25, 0.3) is 6.54 Å². The van der Waals surface area contributed by atoms with Crippen LogP contribution < -0.4 is 0 Å². The number of nitrogens with zero attached hydrogens (tertiary/aromatic N) is 1. The normalized spacial score (nSPS) is 16.0. The lowest BCUT2D eigenvalue weighted by Crippen LogP contribution is -1.73. The summed E-state index contributed by atoms with van der Waals surface area (Å²) in [5.74, 6) is 0. The molecule has 1 aliphatic heterocycles. The molecule has 0 atom stereocenters. The molecule has 0 aliphatic carbocycles. The smallest absolute Gasteiger partial charge is 0.0783 e. The van der Waals surface area contributed by atoms with Gasteiger partial charge in [0.05, 0.1) is 6.08 Å². The van der Waals surface area contributed by atoms with Crippen LogP contribution in [0.5, 0.6) is 0 Å². The van der Waals surface area contributed by atoms with Crippen LogP contribution in [0, 0.1) is 6.07 Å². The van der Waals surface area contributed by atoms with Crippen LogP contribution in [0.25, 0.3) is 4.85 Å². The molecule has 0 amide bonds. The van der Waals surface area contributed by atoms with Crippen LogP contribution in [0.4, 0.5) is 0 Å². The van der Waals surface area contributed by atoms with E-state index in [4.69, 9.17) is 0 Å². The first kappa shape index (κ1) is 3.42. The van der Waals surface area contributed by atoms with Gasteiger partial charge in [0.1, 0.15) is 0 Å². The molecule has 1 aliphatic rings. The third-order valence-electron chi connectivity index (χ3n) is 0.691. The lowest BCUT2D eigenvalue weighted by molar-refractivity contribution is 1.13. The molecule has 1 rings (SSSR count). The summed E-state index contributed by atoms with van der Waals surface area (Å²) < 4.78 is 0. The molecule has 0 N–H and O–H groups in total. The van der Waals surface area contributed by atoms with Crippen molar-refractivity contribution in [3.05, 3.63) is 17.0 Å². The van der Waals surface area contributed by atoms with Gasteiger partial charge in [-0.15, -0.1) is 0 Å². The molecule has 0 aromatic heterocycles.